The van der Waals surface area contributed by atoms with Crippen LogP contribution in [0.25, 0.3) is 5.57 Å². The lowest BCUT2D eigenvalue weighted by atomic mass is 9.89. The van der Waals surface area contributed by atoms with Crippen LogP contribution in [0.3, 0.4) is 0 Å². The number of carbonyl (C=O) groups excluding carboxylic acids is 1. The van der Waals surface area contributed by atoms with Crippen LogP contribution in [-0.4, -0.2) is 21.8 Å². The number of hydrogen-bond donors (Lipinski definition) is 2. The molecule has 1 unspecified atom stereocenters. The third-order valence-corrected chi connectivity index (χ3v) is 4.01. The highest BCUT2D eigenvalue weighted by Gasteiger charge is 2.36. The minimum atomic E-state index is -1.69. The summed E-state index contributed by atoms with van der Waals surface area (Å²) < 4.78 is 5.25. The molecule has 3 rings (SSSR count). The number of ether oxygens (including phenoxy) is 1. The Balaban J connectivity index is 1.73. The fourth-order valence-electron chi connectivity index (χ4n) is 2.51. The molecule has 1 aliphatic rings. The fourth-order valence-corrected chi connectivity index (χ4v) is 2.51. The Morgan fingerprint density at radius 2 is 1.92 bits per heavy atom. The van der Waals surface area contributed by atoms with E-state index < -0.39 is 11.6 Å². The Morgan fingerprint density at radius 1 is 1.17 bits per heavy atom. The monoisotopic (exact) mass is 322 g/mol. The van der Waals surface area contributed by atoms with Gasteiger partial charge in [-0.3, -0.25) is 0 Å². The van der Waals surface area contributed by atoms with Crippen LogP contribution in [-0.2, 0) is 4.79 Å². The summed E-state index contributed by atoms with van der Waals surface area (Å²) in [5.74, 6) is -0.330. The van der Waals surface area contributed by atoms with Crippen LogP contribution in [0.15, 0.2) is 66.8 Å². The van der Waals surface area contributed by atoms with Gasteiger partial charge in [0.1, 0.15) is 11.5 Å². The first-order valence-corrected chi connectivity index (χ1v) is 7.67. The molecule has 0 bridgehead atoms. The van der Waals surface area contributed by atoms with Gasteiger partial charge < -0.3 is 14.9 Å². The van der Waals surface area contributed by atoms with E-state index in [2.05, 4.69) is 0 Å². The van der Waals surface area contributed by atoms with Crippen LogP contribution in [0.5, 0.6) is 11.5 Å². The first-order valence-electron chi connectivity index (χ1n) is 7.67. The van der Waals surface area contributed by atoms with Crippen molar-refractivity contribution in [3.8, 4) is 11.5 Å². The van der Waals surface area contributed by atoms with Gasteiger partial charge in [0, 0.05) is 6.42 Å². The Kier molecular flexibility index (Phi) is 4.23. The van der Waals surface area contributed by atoms with Crippen molar-refractivity contribution in [2.24, 2.45) is 0 Å². The quantitative estimate of drug-likeness (QED) is 0.671. The molecule has 1 atom stereocenters. The van der Waals surface area contributed by atoms with Gasteiger partial charge in [0.2, 0.25) is 0 Å². The maximum absolute atomic E-state index is 12.3. The topological polar surface area (TPSA) is 66.8 Å². The summed E-state index contributed by atoms with van der Waals surface area (Å²) in [6, 6.07) is 14.2. The average molecular weight is 322 g/mol. The summed E-state index contributed by atoms with van der Waals surface area (Å²) in [5, 5.41) is 20.0. The SMILES string of the molecule is Cc1cc(OC(=O)C2(O)C=CC(c3ccccc3)=CC2)ccc1O. The number of carbonyl (C=O) groups is 1. The van der Waals surface area contributed by atoms with Crippen molar-refractivity contribution in [3.05, 3.63) is 77.9 Å². The first kappa shape index (κ1) is 16.0. The van der Waals surface area contributed by atoms with Crippen molar-refractivity contribution in [1.29, 1.82) is 0 Å². The number of aromatic hydroxyl groups is 1. The second-order valence-corrected chi connectivity index (χ2v) is 5.83. The zero-order valence-corrected chi connectivity index (χ0v) is 13.3. The number of rotatable bonds is 3. The molecule has 4 nitrogen and oxygen atoms in total. The molecule has 0 spiro atoms. The number of esters is 1. The van der Waals surface area contributed by atoms with E-state index in [1.807, 2.05) is 36.4 Å². The maximum Gasteiger partial charge on any atom is 0.347 e. The predicted octanol–water partition coefficient (Wildman–Crippen LogP) is 3.38. The standard InChI is InChI=1S/C20H18O4/c1-14-13-17(7-8-18(14)21)24-19(22)20(23)11-9-16(10-12-20)15-5-3-2-4-6-15/h2-11,13,21,23H,12H2,1H3. The summed E-state index contributed by atoms with van der Waals surface area (Å²) in [7, 11) is 0. The molecule has 1 aliphatic carbocycles. The van der Waals surface area contributed by atoms with Gasteiger partial charge in [0.15, 0.2) is 5.60 Å². The van der Waals surface area contributed by atoms with Crippen molar-refractivity contribution in [1.82, 2.24) is 0 Å². The van der Waals surface area contributed by atoms with Crippen molar-refractivity contribution >= 4 is 11.5 Å². The number of phenols is 1. The van der Waals surface area contributed by atoms with Crippen LogP contribution in [0, 0.1) is 6.92 Å². The van der Waals surface area contributed by atoms with Crippen molar-refractivity contribution < 1.29 is 19.7 Å². The lowest BCUT2D eigenvalue weighted by molar-refractivity contribution is -0.150. The maximum atomic E-state index is 12.3. The number of allylic oxidation sites excluding steroid dienone is 2. The highest BCUT2D eigenvalue weighted by molar-refractivity contribution is 5.87. The zero-order chi connectivity index (χ0) is 17.2. The van der Waals surface area contributed by atoms with E-state index in [1.165, 1.54) is 18.2 Å². The average Bonchev–Trinajstić information content (AvgIpc) is 2.59. The number of hydrogen-bond acceptors (Lipinski definition) is 4. The molecule has 2 aromatic carbocycles. The molecule has 0 amide bonds. The number of phenolic OH excluding ortho intramolecular Hbond substituents is 1. The molecule has 4 heteroatoms. The molecule has 0 aromatic heterocycles. The Morgan fingerprint density at radius 3 is 2.54 bits per heavy atom. The van der Waals surface area contributed by atoms with E-state index in [0.29, 0.717) is 5.56 Å². The van der Waals surface area contributed by atoms with E-state index >= 15 is 0 Å². The summed E-state index contributed by atoms with van der Waals surface area (Å²) >= 11 is 0. The number of aryl methyl sites for hydroxylation is 1. The molecule has 0 saturated carbocycles. The first-order chi connectivity index (χ1) is 11.5. The van der Waals surface area contributed by atoms with Crippen LogP contribution in [0.4, 0.5) is 0 Å². The van der Waals surface area contributed by atoms with E-state index in [0.717, 1.165) is 11.1 Å². The third kappa shape index (κ3) is 3.24. The van der Waals surface area contributed by atoms with Crippen molar-refractivity contribution in [2.45, 2.75) is 18.9 Å². The van der Waals surface area contributed by atoms with E-state index in [-0.39, 0.29) is 17.9 Å². The van der Waals surface area contributed by atoms with Crippen LogP contribution in [0.1, 0.15) is 17.5 Å². The van der Waals surface area contributed by atoms with Crippen molar-refractivity contribution in [2.75, 3.05) is 0 Å². The Labute approximate surface area is 140 Å². The summed E-state index contributed by atoms with van der Waals surface area (Å²) in [4.78, 5) is 12.3. The second kappa shape index (κ2) is 6.34. The molecule has 0 fully saturated rings. The molecule has 0 aliphatic heterocycles. The summed E-state index contributed by atoms with van der Waals surface area (Å²) in [5.41, 5.74) is 0.883. The second-order valence-electron chi connectivity index (χ2n) is 5.83. The molecule has 0 saturated heterocycles. The smallest absolute Gasteiger partial charge is 0.347 e. The van der Waals surface area contributed by atoms with E-state index in [1.54, 1.807) is 19.1 Å². The molecule has 2 aromatic rings. The normalized spacial score (nSPS) is 19.7. The summed E-state index contributed by atoms with van der Waals surface area (Å²) in [6.07, 6.45) is 5.15. The minimum Gasteiger partial charge on any atom is -0.508 e. The molecule has 2 N–H and O–H groups in total. The van der Waals surface area contributed by atoms with Crippen LogP contribution in [0.2, 0.25) is 0 Å². The molecule has 24 heavy (non-hydrogen) atoms. The predicted molar refractivity (Wildman–Crippen MR) is 91.6 cm³/mol. The van der Waals surface area contributed by atoms with Gasteiger partial charge in [-0.2, -0.15) is 0 Å². The lowest BCUT2D eigenvalue weighted by Crippen LogP contribution is -2.40. The molecule has 0 radical (unpaired) electrons. The van der Waals surface area contributed by atoms with Gasteiger partial charge in [-0.15, -0.1) is 0 Å². The van der Waals surface area contributed by atoms with Crippen LogP contribution >= 0.6 is 0 Å². The highest BCUT2D eigenvalue weighted by Crippen LogP contribution is 2.29. The lowest BCUT2D eigenvalue weighted by Gasteiger charge is -2.24. The Hall–Kier alpha value is -2.85. The van der Waals surface area contributed by atoms with E-state index in [9.17, 15) is 15.0 Å². The van der Waals surface area contributed by atoms with E-state index in [4.69, 9.17) is 4.74 Å². The van der Waals surface area contributed by atoms with Crippen molar-refractivity contribution in [3.63, 3.8) is 0 Å². The van der Waals surface area contributed by atoms with Gasteiger partial charge in [0.05, 0.1) is 0 Å². The largest absolute Gasteiger partial charge is 0.508 e. The summed E-state index contributed by atoms with van der Waals surface area (Å²) in [6.45, 7) is 1.71. The molecular weight excluding hydrogens is 304 g/mol. The highest BCUT2D eigenvalue weighted by atomic mass is 16.6. The zero-order valence-electron chi connectivity index (χ0n) is 13.3. The number of aliphatic hydroxyl groups is 1. The Bertz CT molecular complexity index is 821. The van der Waals surface area contributed by atoms with Crippen LogP contribution < -0.4 is 4.74 Å². The molecule has 0 heterocycles. The van der Waals surface area contributed by atoms with Gasteiger partial charge >= 0.3 is 5.97 Å². The van der Waals surface area contributed by atoms with Gasteiger partial charge in [-0.1, -0.05) is 42.5 Å². The van der Waals surface area contributed by atoms with Gasteiger partial charge in [-0.25, -0.2) is 4.79 Å². The fraction of sp³-hybridized carbons (Fsp3) is 0.150. The minimum absolute atomic E-state index is 0.126. The molecular formula is C20H18O4. The van der Waals surface area contributed by atoms with Gasteiger partial charge in [0.25, 0.3) is 0 Å². The van der Waals surface area contributed by atoms with Gasteiger partial charge in [-0.05, 0) is 47.9 Å². The number of benzene rings is 2. The molecule has 122 valence electrons. The third-order valence-electron chi connectivity index (χ3n) is 4.01.